The third kappa shape index (κ3) is 3.11. The summed E-state index contributed by atoms with van der Waals surface area (Å²) in [6, 6.07) is 5.92. The molecule has 1 aromatic carbocycles. The number of fused-ring (bicyclic) bond motifs is 1. The quantitative estimate of drug-likeness (QED) is 0.858. The lowest BCUT2D eigenvalue weighted by molar-refractivity contribution is 0.576. The number of nitrogens with one attached hydrogen (secondary N) is 2. The summed E-state index contributed by atoms with van der Waals surface area (Å²) in [5, 5.41) is 2.79. The number of nitrogens with zero attached hydrogens (tertiary/aromatic N) is 1. The van der Waals surface area contributed by atoms with Crippen molar-refractivity contribution in [2.45, 2.75) is 31.1 Å². The highest BCUT2D eigenvalue weighted by Crippen LogP contribution is 2.23. The van der Waals surface area contributed by atoms with Crippen LogP contribution >= 0.6 is 11.3 Å². The van der Waals surface area contributed by atoms with E-state index >= 15 is 0 Å². The first-order chi connectivity index (χ1) is 9.54. The Labute approximate surface area is 122 Å². The van der Waals surface area contributed by atoms with Crippen LogP contribution in [0.4, 0.5) is 5.69 Å². The van der Waals surface area contributed by atoms with E-state index in [9.17, 15) is 8.42 Å². The van der Waals surface area contributed by atoms with Crippen LogP contribution in [0.1, 0.15) is 19.8 Å². The molecule has 5 nitrogen and oxygen atoms in total. The van der Waals surface area contributed by atoms with Gasteiger partial charge in [-0.1, -0.05) is 0 Å². The predicted octanol–water partition coefficient (Wildman–Crippen LogP) is 2.18. The highest BCUT2D eigenvalue weighted by atomic mass is 32.2. The van der Waals surface area contributed by atoms with Gasteiger partial charge in [0.05, 0.1) is 26.7 Å². The second kappa shape index (κ2) is 5.31. The lowest BCUT2D eigenvalue weighted by Crippen LogP contribution is -2.35. The minimum Gasteiger partial charge on any atom is -0.313 e. The van der Waals surface area contributed by atoms with Gasteiger partial charge < -0.3 is 5.32 Å². The van der Waals surface area contributed by atoms with Gasteiger partial charge in [-0.15, -0.1) is 11.3 Å². The minimum absolute atomic E-state index is 0.458. The molecule has 1 aliphatic carbocycles. The summed E-state index contributed by atoms with van der Waals surface area (Å²) in [5.74, 6) is 0. The van der Waals surface area contributed by atoms with Crippen LogP contribution in [0.3, 0.4) is 0 Å². The molecular formula is C13H17N3O2S2. The average molecular weight is 311 g/mol. The molecule has 3 rings (SSSR count). The van der Waals surface area contributed by atoms with Crippen LogP contribution < -0.4 is 10.0 Å². The van der Waals surface area contributed by atoms with E-state index in [0.29, 0.717) is 18.3 Å². The van der Waals surface area contributed by atoms with Crippen LogP contribution in [-0.4, -0.2) is 31.2 Å². The molecular weight excluding hydrogens is 294 g/mol. The number of thiazole rings is 1. The number of hydrogen-bond donors (Lipinski definition) is 2. The van der Waals surface area contributed by atoms with E-state index in [4.69, 9.17) is 0 Å². The van der Waals surface area contributed by atoms with Crippen molar-refractivity contribution in [2.24, 2.45) is 0 Å². The summed E-state index contributed by atoms with van der Waals surface area (Å²) >= 11 is 1.50. The van der Waals surface area contributed by atoms with Crippen LogP contribution in [0.2, 0.25) is 0 Å². The minimum atomic E-state index is -3.36. The summed E-state index contributed by atoms with van der Waals surface area (Å²) in [6.07, 6.45) is 2.31. The fourth-order valence-electron chi connectivity index (χ4n) is 1.91. The summed E-state index contributed by atoms with van der Waals surface area (Å²) in [5.41, 5.74) is 3.24. The number of hydrogen-bond acceptors (Lipinski definition) is 5. The van der Waals surface area contributed by atoms with Crippen molar-refractivity contribution < 1.29 is 8.42 Å². The van der Waals surface area contributed by atoms with E-state index in [1.54, 1.807) is 18.5 Å². The van der Waals surface area contributed by atoms with Gasteiger partial charge in [0.15, 0.2) is 0 Å². The molecule has 7 heteroatoms. The molecule has 1 aliphatic rings. The van der Waals surface area contributed by atoms with Gasteiger partial charge in [-0.2, -0.15) is 0 Å². The lowest BCUT2D eigenvalue weighted by atomic mass is 10.3. The third-order valence-electron chi connectivity index (χ3n) is 3.39. The van der Waals surface area contributed by atoms with Crippen LogP contribution in [-0.2, 0) is 10.0 Å². The van der Waals surface area contributed by atoms with Gasteiger partial charge in [0.2, 0.25) is 10.0 Å². The summed E-state index contributed by atoms with van der Waals surface area (Å²) < 4.78 is 28.1. The normalized spacial score (nSPS) is 17.2. The highest BCUT2D eigenvalue weighted by molar-refractivity contribution is 7.93. The SMILES string of the molecule is CC(CNC1CC1)S(=O)(=O)Nc1ccc2ncsc2c1. The third-order valence-corrected chi connectivity index (χ3v) is 5.93. The Morgan fingerprint density at radius 2 is 2.25 bits per heavy atom. The first-order valence-electron chi connectivity index (χ1n) is 6.63. The molecule has 0 radical (unpaired) electrons. The van der Waals surface area contributed by atoms with Gasteiger partial charge in [-0.05, 0) is 38.0 Å². The fourth-order valence-corrected chi connectivity index (χ4v) is 3.60. The van der Waals surface area contributed by atoms with E-state index < -0.39 is 15.3 Å². The molecule has 1 heterocycles. The zero-order chi connectivity index (χ0) is 14.2. The van der Waals surface area contributed by atoms with E-state index in [0.717, 1.165) is 23.1 Å². The smallest absolute Gasteiger partial charge is 0.236 e. The van der Waals surface area contributed by atoms with Gasteiger partial charge in [-0.3, -0.25) is 4.72 Å². The van der Waals surface area contributed by atoms with Crippen molar-refractivity contribution in [2.75, 3.05) is 11.3 Å². The maximum Gasteiger partial charge on any atom is 0.236 e. The molecule has 0 bridgehead atoms. The Bertz CT molecular complexity index is 707. The van der Waals surface area contributed by atoms with Gasteiger partial charge in [0.1, 0.15) is 0 Å². The number of sulfonamides is 1. The van der Waals surface area contributed by atoms with Crippen molar-refractivity contribution in [1.29, 1.82) is 0 Å². The molecule has 0 amide bonds. The summed E-state index contributed by atoms with van der Waals surface area (Å²) in [7, 11) is -3.36. The van der Waals surface area contributed by atoms with E-state index in [-0.39, 0.29) is 0 Å². The Kier molecular flexibility index (Phi) is 3.66. The number of benzene rings is 1. The average Bonchev–Trinajstić information content (AvgIpc) is 3.12. The number of aromatic nitrogens is 1. The molecule has 2 aromatic rings. The van der Waals surface area contributed by atoms with Crippen molar-refractivity contribution in [3.05, 3.63) is 23.7 Å². The van der Waals surface area contributed by atoms with E-state index in [1.165, 1.54) is 11.3 Å². The summed E-state index contributed by atoms with van der Waals surface area (Å²) in [6.45, 7) is 2.21. The maximum absolute atomic E-state index is 12.2. The largest absolute Gasteiger partial charge is 0.313 e. The molecule has 1 saturated carbocycles. The zero-order valence-electron chi connectivity index (χ0n) is 11.2. The van der Waals surface area contributed by atoms with E-state index in [1.807, 2.05) is 12.1 Å². The first kappa shape index (κ1) is 13.8. The molecule has 0 spiro atoms. The molecule has 108 valence electrons. The fraction of sp³-hybridized carbons (Fsp3) is 0.462. The predicted molar refractivity (Wildman–Crippen MR) is 82.6 cm³/mol. The van der Waals surface area contributed by atoms with Gasteiger partial charge >= 0.3 is 0 Å². The Morgan fingerprint density at radius 3 is 3.00 bits per heavy atom. The van der Waals surface area contributed by atoms with Gasteiger partial charge in [0.25, 0.3) is 0 Å². The first-order valence-corrected chi connectivity index (χ1v) is 9.05. The van der Waals surface area contributed by atoms with Crippen molar-refractivity contribution >= 4 is 37.3 Å². The Balaban J connectivity index is 1.70. The second-order valence-electron chi connectivity index (χ2n) is 5.18. The molecule has 2 N–H and O–H groups in total. The molecule has 0 saturated heterocycles. The van der Waals surface area contributed by atoms with E-state index in [2.05, 4.69) is 15.0 Å². The van der Waals surface area contributed by atoms with Crippen molar-refractivity contribution in [3.8, 4) is 0 Å². The molecule has 1 aromatic heterocycles. The monoisotopic (exact) mass is 311 g/mol. The van der Waals surface area contributed by atoms with Crippen LogP contribution in [0.15, 0.2) is 23.7 Å². The Hall–Kier alpha value is -1.18. The highest BCUT2D eigenvalue weighted by Gasteiger charge is 2.25. The van der Waals surface area contributed by atoms with Gasteiger partial charge in [-0.25, -0.2) is 13.4 Å². The topological polar surface area (TPSA) is 71.1 Å². The standard InChI is InChI=1S/C13H17N3O2S2/c1-9(7-14-10-2-3-10)20(17,18)16-11-4-5-12-13(6-11)19-8-15-12/h4-6,8-10,14,16H,2-3,7H2,1H3. The second-order valence-corrected chi connectivity index (χ2v) is 8.16. The van der Waals surface area contributed by atoms with Crippen molar-refractivity contribution in [1.82, 2.24) is 10.3 Å². The molecule has 1 atom stereocenters. The van der Waals surface area contributed by atoms with Crippen LogP contribution in [0, 0.1) is 0 Å². The number of rotatable bonds is 6. The molecule has 20 heavy (non-hydrogen) atoms. The van der Waals surface area contributed by atoms with Crippen molar-refractivity contribution in [3.63, 3.8) is 0 Å². The lowest BCUT2D eigenvalue weighted by Gasteiger charge is -2.15. The summed E-state index contributed by atoms with van der Waals surface area (Å²) in [4.78, 5) is 4.18. The molecule has 1 unspecified atom stereocenters. The maximum atomic E-state index is 12.2. The molecule has 0 aliphatic heterocycles. The number of anilines is 1. The zero-order valence-corrected chi connectivity index (χ0v) is 12.8. The van der Waals surface area contributed by atoms with Gasteiger partial charge in [0, 0.05) is 12.6 Å². The van der Waals surface area contributed by atoms with Crippen LogP contribution in [0.5, 0.6) is 0 Å². The molecule has 1 fully saturated rings. The Morgan fingerprint density at radius 1 is 1.45 bits per heavy atom. The van der Waals surface area contributed by atoms with Crippen LogP contribution in [0.25, 0.3) is 10.2 Å².